The molecule has 0 atom stereocenters. The quantitative estimate of drug-likeness (QED) is 0.418. The molecule has 0 fully saturated rings. The van der Waals surface area contributed by atoms with Gasteiger partial charge in [-0.3, -0.25) is 5.32 Å². The fraction of sp³-hybridized carbons (Fsp3) is 1.00. The average Bonchev–Trinajstić information content (AvgIpc) is 1.89. The molecule has 0 rings (SSSR count). The van der Waals surface area contributed by atoms with Crippen LogP contribution in [0.2, 0.25) is 0 Å². The van der Waals surface area contributed by atoms with E-state index in [0.717, 1.165) is 6.54 Å². The van der Waals surface area contributed by atoms with Gasteiger partial charge in [-0.25, -0.2) is 0 Å². The highest BCUT2D eigenvalue weighted by Crippen LogP contribution is 1.96. The van der Waals surface area contributed by atoms with Crippen LogP contribution in [0.15, 0.2) is 0 Å². The summed E-state index contributed by atoms with van der Waals surface area (Å²) in [6.07, 6.45) is 5.06. The molecule has 0 aromatic carbocycles. The Balaban J connectivity index is 2.60. The molecule has 0 aliphatic carbocycles. The summed E-state index contributed by atoms with van der Waals surface area (Å²) in [7, 11) is 0. The summed E-state index contributed by atoms with van der Waals surface area (Å²) in [6, 6.07) is 0. The van der Waals surface area contributed by atoms with Crippen molar-refractivity contribution in [1.82, 2.24) is 5.32 Å². The minimum Gasteiger partial charge on any atom is -0.381 e. The Bertz CT molecular complexity index is 42.2. The fourth-order valence-electron chi connectivity index (χ4n) is 0.756. The highest BCUT2D eigenvalue weighted by atomic mass is 16.3. The third-order valence-corrected chi connectivity index (χ3v) is 1.32. The number of aliphatic hydroxyl groups is 1. The van der Waals surface area contributed by atoms with E-state index < -0.39 is 0 Å². The van der Waals surface area contributed by atoms with E-state index in [1.54, 1.807) is 0 Å². The molecule has 0 aromatic rings. The highest BCUT2D eigenvalue weighted by molar-refractivity contribution is 4.42. The molecule has 0 aliphatic heterocycles. The summed E-state index contributed by atoms with van der Waals surface area (Å²) < 4.78 is 0. The Labute approximate surface area is 57.3 Å². The molecule has 0 heterocycles. The van der Waals surface area contributed by atoms with Crippen LogP contribution in [0.25, 0.3) is 0 Å². The first-order chi connectivity index (χ1) is 4.41. The maximum Gasteiger partial charge on any atom is 0.0931 e. The predicted molar refractivity (Wildman–Crippen MR) is 39.2 cm³/mol. The van der Waals surface area contributed by atoms with Crippen LogP contribution in [0, 0.1) is 0 Å². The maximum absolute atomic E-state index is 8.31. The zero-order chi connectivity index (χ0) is 6.95. The second kappa shape index (κ2) is 7.92. The van der Waals surface area contributed by atoms with Crippen LogP contribution in [0.1, 0.15) is 32.6 Å². The van der Waals surface area contributed by atoms with Gasteiger partial charge in [0.15, 0.2) is 0 Å². The van der Waals surface area contributed by atoms with Crippen LogP contribution >= 0.6 is 0 Å². The number of rotatable bonds is 6. The third kappa shape index (κ3) is 7.92. The van der Waals surface area contributed by atoms with Crippen LogP contribution in [0.3, 0.4) is 0 Å². The standard InChI is InChI=1S/C7H17NO/c1-2-3-4-5-6-8-7-9/h8-9H,2-7H2,1H3. The van der Waals surface area contributed by atoms with E-state index in [2.05, 4.69) is 12.2 Å². The Kier molecular flexibility index (Phi) is 7.85. The van der Waals surface area contributed by atoms with Crippen LogP contribution < -0.4 is 5.32 Å². The van der Waals surface area contributed by atoms with Crippen LogP contribution in [0.5, 0.6) is 0 Å². The summed E-state index contributed by atoms with van der Waals surface area (Å²) in [5.41, 5.74) is 0. The lowest BCUT2D eigenvalue weighted by atomic mass is 10.2. The number of aliphatic hydroxyl groups excluding tert-OH is 1. The summed E-state index contributed by atoms with van der Waals surface area (Å²) in [6.45, 7) is 3.27. The molecule has 2 nitrogen and oxygen atoms in total. The lowest BCUT2D eigenvalue weighted by Crippen LogP contribution is -2.15. The van der Waals surface area contributed by atoms with E-state index in [0.29, 0.717) is 0 Å². The zero-order valence-corrected chi connectivity index (χ0v) is 6.19. The molecule has 0 aromatic heterocycles. The van der Waals surface area contributed by atoms with Crippen molar-refractivity contribution in [2.24, 2.45) is 0 Å². The first-order valence-electron chi connectivity index (χ1n) is 3.73. The smallest absolute Gasteiger partial charge is 0.0931 e. The molecule has 0 saturated heterocycles. The topological polar surface area (TPSA) is 32.3 Å². The monoisotopic (exact) mass is 131 g/mol. The van der Waals surface area contributed by atoms with E-state index in [4.69, 9.17) is 5.11 Å². The lowest BCUT2D eigenvalue weighted by Gasteiger charge is -1.98. The van der Waals surface area contributed by atoms with E-state index in [1.165, 1.54) is 25.7 Å². The van der Waals surface area contributed by atoms with E-state index in [9.17, 15) is 0 Å². The van der Waals surface area contributed by atoms with E-state index >= 15 is 0 Å². The molecule has 0 radical (unpaired) electrons. The van der Waals surface area contributed by atoms with Gasteiger partial charge in [0, 0.05) is 0 Å². The molecule has 0 spiro atoms. The van der Waals surface area contributed by atoms with Gasteiger partial charge in [-0.1, -0.05) is 26.2 Å². The average molecular weight is 131 g/mol. The van der Waals surface area contributed by atoms with Gasteiger partial charge in [0.1, 0.15) is 0 Å². The SMILES string of the molecule is CCCCCCNCO. The normalized spacial score (nSPS) is 10.0. The third-order valence-electron chi connectivity index (χ3n) is 1.32. The van der Waals surface area contributed by atoms with Crippen molar-refractivity contribution in [1.29, 1.82) is 0 Å². The Morgan fingerprint density at radius 2 is 2.00 bits per heavy atom. The van der Waals surface area contributed by atoms with Gasteiger partial charge in [0.25, 0.3) is 0 Å². The number of unbranched alkanes of at least 4 members (excludes halogenated alkanes) is 3. The fourth-order valence-corrected chi connectivity index (χ4v) is 0.756. The first kappa shape index (κ1) is 8.92. The molecular weight excluding hydrogens is 114 g/mol. The van der Waals surface area contributed by atoms with E-state index in [-0.39, 0.29) is 6.73 Å². The van der Waals surface area contributed by atoms with Crippen molar-refractivity contribution in [3.8, 4) is 0 Å². The Morgan fingerprint density at radius 3 is 2.56 bits per heavy atom. The predicted octanol–water partition coefficient (Wildman–Crippen LogP) is 1.11. The lowest BCUT2D eigenvalue weighted by molar-refractivity contribution is 0.260. The van der Waals surface area contributed by atoms with Gasteiger partial charge in [-0.15, -0.1) is 0 Å². The second-order valence-electron chi connectivity index (χ2n) is 2.22. The van der Waals surface area contributed by atoms with Crippen molar-refractivity contribution < 1.29 is 5.11 Å². The zero-order valence-electron chi connectivity index (χ0n) is 6.19. The minimum atomic E-state index is 0.117. The first-order valence-corrected chi connectivity index (χ1v) is 3.73. The number of nitrogens with one attached hydrogen (secondary N) is 1. The van der Waals surface area contributed by atoms with Crippen molar-refractivity contribution in [3.63, 3.8) is 0 Å². The molecule has 56 valence electrons. The molecule has 2 heteroatoms. The van der Waals surface area contributed by atoms with Crippen molar-refractivity contribution >= 4 is 0 Å². The van der Waals surface area contributed by atoms with Gasteiger partial charge < -0.3 is 5.11 Å². The summed E-state index contributed by atoms with van der Waals surface area (Å²) in [4.78, 5) is 0. The van der Waals surface area contributed by atoms with E-state index in [1.807, 2.05) is 0 Å². The van der Waals surface area contributed by atoms with Crippen LogP contribution in [0.4, 0.5) is 0 Å². The highest BCUT2D eigenvalue weighted by Gasteiger charge is 1.84. The minimum absolute atomic E-state index is 0.117. The number of hydrogen-bond acceptors (Lipinski definition) is 2. The number of hydrogen-bond donors (Lipinski definition) is 2. The van der Waals surface area contributed by atoms with Crippen molar-refractivity contribution in [2.75, 3.05) is 13.3 Å². The van der Waals surface area contributed by atoms with Crippen molar-refractivity contribution in [3.05, 3.63) is 0 Å². The van der Waals surface area contributed by atoms with Gasteiger partial charge in [0.2, 0.25) is 0 Å². The van der Waals surface area contributed by atoms with Crippen LogP contribution in [-0.4, -0.2) is 18.4 Å². The summed E-state index contributed by atoms with van der Waals surface area (Å²) in [5.74, 6) is 0. The summed E-state index contributed by atoms with van der Waals surface area (Å²) in [5, 5.41) is 11.2. The molecule has 0 bridgehead atoms. The van der Waals surface area contributed by atoms with Gasteiger partial charge in [-0.2, -0.15) is 0 Å². The van der Waals surface area contributed by atoms with Crippen LogP contribution in [-0.2, 0) is 0 Å². The molecule has 0 amide bonds. The second-order valence-corrected chi connectivity index (χ2v) is 2.22. The summed E-state index contributed by atoms with van der Waals surface area (Å²) >= 11 is 0. The van der Waals surface area contributed by atoms with Gasteiger partial charge >= 0.3 is 0 Å². The Hall–Kier alpha value is -0.0800. The Morgan fingerprint density at radius 1 is 1.22 bits per heavy atom. The van der Waals surface area contributed by atoms with Gasteiger partial charge in [-0.05, 0) is 13.0 Å². The van der Waals surface area contributed by atoms with Gasteiger partial charge in [0.05, 0.1) is 6.73 Å². The molecular formula is C7H17NO. The molecule has 2 N–H and O–H groups in total. The molecule has 0 saturated carbocycles. The molecule has 0 unspecified atom stereocenters. The largest absolute Gasteiger partial charge is 0.381 e. The molecule has 9 heavy (non-hydrogen) atoms. The molecule has 0 aliphatic rings. The van der Waals surface area contributed by atoms with Crippen molar-refractivity contribution in [2.45, 2.75) is 32.6 Å². The maximum atomic E-state index is 8.31.